The minimum atomic E-state index is 0.157. The van der Waals surface area contributed by atoms with Gasteiger partial charge >= 0.3 is 0 Å². The summed E-state index contributed by atoms with van der Waals surface area (Å²) < 4.78 is 0. The number of Topliss-reactive ketones (excluding diaryl/α,β-unsaturated/α-hetero) is 1. The van der Waals surface area contributed by atoms with E-state index in [1.807, 2.05) is 43.4 Å². The summed E-state index contributed by atoms with van der Waals surface area (Å²) in [4.78, 5) is 24.2. The van der Waals surface area contributed by atoms with Crippen LogP contribution in [0.4, 0.5) is 17.1 Å². The van der Waals surface area contributed by atoms with Crippen molar-refractivity contribution in [3.05, 3.63) is 35.4 Å². The van der Waals surface area contributed by atoms with Gasteiger partial charge < -0.3 is 10.2 Å². The number of rotatable bonds is 1. The van der Waals surface area contributed by atoms with Crippen LogP contribution >= 0.6 is 0 Å². The Morgan fingerprint density at radius 1 is 1.21 bits per heavy atom. The molecule has 0 unspecified atom stereocenters. The lowest BCUT2D eigenvalue weighted by molar-refractivity contribution is 0.0984. The first-order valence-electron chi connectivity index (χ1n) is 8.07. The van der Waals surface area contributed by atoms with Gasteiger partial charge in [0.05, 0.1) is 33.7 Å². The molecule has 24 heavy (non-hydrogen) atoms. The zero-order valence-corrected chi connectivity index (χ0v) is 13.6. The molecular weight excluding hydrogens is 300 g/mol. The molecule has 0 aliphatic carbocycles. The van der Waals surface area contributed by atoms with E-state index in [1.165, 1.54) is 0 Å². The number of aromatic nitrogens is 1. The number of fused-ring (bicyclic) bond motifs is 4. The van der Waals surface area contributed by atoms with E-state index < -0.39 is 0 Å². The Morgan fingerprint density at radius 2 is 2.04 bits per heavy atom. The van der Waals surface area contributed by atoms with Crippen molar-refractivity contribution >= 4 is 50.9 Å². The van der Waals surface area contributed by atoms with Gasteiger partial charge in [0, 0.05) is 49.6 Å². The Balaban J connectivity index is 2.06. The Bertz CT molecular complexity index is 1080. The lowest BCUT2D eigenvalue weighted by Gasteiger charge is -2.26. The van der Waals surface area contributed by atoms with E-state index in [-0.39, 0.29) is 5.78 Å². The van der Waals surface area contributed by atoms with E-state index in [0.717, 1.165) is 50.0 Å². The molecule has 3 aromatic rings. The molecule has 118 valence electrons. The van der Waals surface area contributed by atoms with Crippen LogP contribution in [0.5, 0.6) is 0 Å². The van der Waals surface area contributed by atoms with Crippen LogP contribution < -0.4 is 10.2 Å². The zero-order chi connectivity index (χ0) is 16.4. The van der Waals surface area contributed by atoms with Crippen LogP contribution in [0, 0.1) is 0 Å². The Labute approximate surface area is 139 Å². The van der Waals surface area contributed by atoms with Crippen molar-refractivity contribution in [1.29, 1.82) is 0 Å². The largest absolute Gasteiger partial charge is 0.382 e. The molecule has 0 bridgehead atoms. The van der Waals surface area contributed by atoms with Crippen molar-refractivity contribution in [2.75, 3.05) is 30.9 Å². The molecule has 0 radical (unpaired) electrons. The fraction of sp³-hybridized carbons (Fsp3) is 0.211. The van der Waals surface area contributed by atoms with Crippen molar-refractivity contribution in [3.8, 4) is 0 Å². The average molecular weight is 316 g/mol. The number of hydrogen-bond acceptors (Lipinski definition) is 5. The summed E-state index contributed by atoms with van der Waals surface area (Å²) in [7, 11) is 3.92. The maximum atomic E-state index is 12.7. The molecule has 1 N–H and O–H groups in total. The first-order chi connectivity index (χ1) is 11.7. The third-order valence-corrected chi connectivity index (χ3v) is 4.82. The number of nitrogens with one attached hydrogen (secondary N) is 1. The van der Waals surface area contributed by atoms with Gasteiger partial charge in [-0.3, -0.25) is 9.79 Å². The standard InChI is InChI=1S/C19H16N4O/c1-23(2)19-15-13(24)7-8-20-16(15)17-14-11(9-21-18(14)19)10-5-3-4-6-12(10)22-17/h3-6,9,20H,7-8H2,1-2H3. The molecule has 0 spiro atoms. The maximum absolute atomic E-state index is 12.7. The third kappa shape index (κ3) is 1.56. The molecule has 5 rings (SSSR count). The highest BCUT2D eigenvalue weighted by Gasteiger charge is 2.31. The van der Waals surface area contributed by atoms with E-state index >= 15 is 0 Å². The monoisotopic (exact) mass is 316 g/mol. The average Bonchev–Trinajstić information content (AvgIpc) is 3.01. The molecule has 2 aromatic carbocycles. The Morgan fingerprint density at radius 3 is 2.88 bits per heavy atom. The van der Waals surface area contributed by atoms with Crippen molar-refractivity contribution < 1.29 is 4.79 Å². The molecule has 0 atom stereocenters. The Kier molecular flexibility index (Phi) is 2.55. The van der Waals surface area contributed by atoms with E-state index in [9.17, 15) is 4.79 Å². The van der Waals surface area contributed by atoms with E-state index in [2.05, 4.69) is 16.4 Å². The van der Waals surface area contributed by atoms with Gasteiger partial charge in [-0.1, -0.05) is 18.2 Å². The van der Waals surface area contributed by atoms with Crippen LogP contribution in [0.1, 0.15) is 22.3 Å². The molecule has 0 amide bonds. The van der Waals surface area contributed by atoms with Crippen LogP contribution in [0.2, 0.25) is 0 Å². The van der Waals surface area contributed by atoms with Crippen molar-refractivity contribution in [3.63, 3.8) is 0 Å². The number of nitrogens with zero attached hydrogens (tertiary/aromatic N) is 3. The number of anilines is 2. The summed E-state index contributed by atoms with van der Waals surface area (Å²) in [6, 6.07) is 8.09. The lowest BCUT2D eigenvalue weighted by Crippen LogP contribution is -2.23. The molecule has 0 saturated heterocycles. The van der Waals surface area contributed by atoms with E-state index in [0.29, 0.717) is 13.0 Å². The molecule has 5 heteroatoms. The number of ketones is 1. The summed E-state index contributed by atoms with van der Waals surface area (Å²) in [5.41, 5.74) is 6.20. The van der Waals surface area contributed by atoms with Gasteiger partial charge in [0.15, 0.2) is 5.78 Å². The SMILES string of the molecule is CN(C)c1c2c(c3nc4ccccc4c4c3c1N=C4)NCCC2=O. The minimum Gasteiger partial charge on any atom is -0.382 e. The van der Waals surface area contributed by atoms with Gasteiger partial charge in [0.25, 0.3) is 0 Å². The van der Waals surface area contributed by atoms with Crippen LogP contribution in [0.15, 0.2) is 29.3 Å². The fourth-order valence-electron chi connectivity index (χ4n) is 3.83. The molecule has 3 heterocycles. The van der Waals surface area contributed by atoms with Crippen LogP contribution in [-0.4, -0.2) is 37.6 Å². The fourth-order valence-corrected chi connectivity index (χ4v) is 3.83. The lowest BCUT2D eigenvalue weighted by atomic mass is 9.93. The predicted octanol–water partition coefficient (Wildman–Crippen LogP) is 3.52. The summed E-state index contributed by atoms with van der Waals surface area (Å²) in [5, 5.41) is 5.55. The van der Waals surface area contributed by atoms with E-state index in [4.69, 9.17) is 4.98 Å². The molecule has 0 fully saturated rings. The second kappa shape index (κ2) is 4.54. The normalized spacial score (nSPS) is 15.0. The predicted molar refractivity (Wildman–Crippen MR) is 98.3 cm³/mol. The van der Waals surface area contributed by atoms with E-state index in [1.54, 1.807) is 0 Å². The van der Waals surface area contributed by atoms with Crippen molar-refractivity contribution in [2.24, 2.45) is 4.99 Å². The third-order valence-electron chi connectivity index (χ3n) is 4.82. The Hall–Kier alpha value is -2.95. The number of carbonyl (C=O) groups is 1. The first-order valence-corrected chi connectivity index (χ1v) is 8.07. The summed E-state index contributed by atoms with van der Waals surface area (Å²) in [6.07, 6.45) is 2.41. The second-order valence-corrected chi connectivity index (χ2v) is 6.47. The smallest absolute Gasteiger partial charge is 0.168 e. The molecular formula is C19H16N4O. The number of pyridine rings is 1. The number of para-hydroxylation sites is 1. The van der Waals surface area contributed by atoms with Gasteiger partial charge in [-0.15, -0.1) is 0 Å². The number of hydrogen-bond donors (Lipinski definition) is 1. The zero-order valence-electron chi connectivity index (χ0n) is 13.6. The van der Waals surface area contributed by atoms with Crippen LogP contribution in [0.3, 0.4) is 0 Å². The highest BCUT2D eigenvalue weighted by atomic mass is 16.1. The topological polar surface area (TPSA) is 57.6 Å². The number of carbonyl (C=O) groups excluding carboxylic acids is 1. The molecule has 2 aliphatic heterocycles. The summed E-state index contributed by atoms with van der Waals surface area (Å²) in [5.74, 6) is 0.157. The first kappa shape index (κ1) is 13.5. The van der Waals surface area contributed by atoms with Gasteiger partial charge in [-0.05, 0) is 6.07 Å². The molecule has 1 aromatic heterocycles. The van der Waals surface area contributed by atoms with Crippen LogP contribution in [-0.2, 0) is 0 Å². The molecule has 5 nitrogen and oxygen atoms in total. The quantitative estimate of drug-likeness (QED) is 0.546. The van der Waals surface area contributed by atoms with Crippen molar-refractivity contribution in [1.82, 2.24) is 4.98 Å². The van der Waals surface area contributed by atoms with Gasteiger partial charge in [-0.25, -0.2) is 4.98 Å². The van der Waals surface area contributed by atoms with Gasteiger partial charge in [-0.2, -0.15) is 0 Å². The van der Waals surface area contributed by atoms with Crippen molar-refractivity contribution in [2.45, 2.75) is 6.42 Å². The summed E-state index contributed by atoms with van der Waals surface area (Å²) >= 11 is 0. The number of benzene rings is 2. The number of aliphatic imine (C=N–C) groups is 1. The maximum Gasteiger partial charge on any atom is 0.168 e. The minimum absolute atomic E-state index is 0.157. The molecule has 2 aliphatic rings. The highest BCUT2D eigenvalue weighted by molar-refractivity contribution is 6.27. The highest BCUT2D eigenvalue weighted by Crippen LogP contribution is 2.49. The van der Waals surface area contributed by atoms with Gasteiger partial charge in [0.2, 0.25) is 0 Å². The molecule has 0 saturated carbocycles. The summed E-state index contributed by atoms with van der Waals surface area (Å²) in [6.45, 7) is 0.651. The van der Waals surface area contributed by atoms with Gasteiger partial charge in [0.1, 0.15) is 0 Å². The second-order valence-electron chi connectivity index (χ2n) is 6.47. The van der Waals surface area contributed by atoms with Crippen LogP contribution in [0.25, 0.3) is 21.8 Å².